The van der Waals surface area contributed by atoms with E-state index in [2.05, 4.69) is 5.32 Å². The molecule has 16 heavy (non-hydrogen) atoms. The number of amides is 1. The third kappa shape index (κ3) is 6.24. The number of carboxylic acid groups (broad SMARTS) is 1. The number of hydrogen-bond acceptors (Lipinski definition) is 4. The SMILES string of the molecule is CC(C)(CO)[C@@H](O)C(=O)NCCC(=O)O.[Au]. The van der Waals surface area contributed by atoms with Crippen molar-refractivity contribution < 1.29 is 47.3 Å². The van der Waals surface area contributed by atoms with Crippen LogP contribution in [0.1, 0.15) is 20.3 Å². The molecule has 7 heteroatoms. The Morgan fingerprint density at radius 1 is 1.38 bits per heavy atom. The Balaban J connectivity index is 0. The van der Waals surface area contributed by atoms with Crippen molar-refractivity contribution in [3.05, 3.63) is 0 Å². The fourth-order valence-corrected chi connectivity index (χ4v) is 0.831. The second-order valence-corrected chi connectivity index (χ2v) is 3.98. The van der Waals surface area contributed by atoms with E-state index in [1.54, 1.807) is 0 Å². The third-order valence-corrected chi connectivity index (χ3v) is 2.03. The molecule has 0 aromatic rings. The average Bonchev–Trinajstić information content (AvgIpc) is 2.15. The van der Waals surface area contributed by atoms with Crippen LogP contribution in [-0.4, -0.2) is 46.5 Å². The molecule has 0 aliphatic rings. The molecular weight excluding hydrogens is 399 g/mol. The first kappa shape index (κ1) is 18.0. The van der Waals surface area contributed by atoms with E-state index in [1.165, 1.54) is 13.8 Å². The minimum atomic E-state index is -1.35. The standard InChI is InChI=1S/C9H17NO5.Au/c1-9(2,5-11)7(14)8(15)10-4-3-6(12)13;/h7,11,14H,3-5H2,1-2H3,(H,10,15)(H,12,13);/t7-;/m0./s1. The fourth-order valence-electron chi connectivity index (χ4n) is 0.831. The van der Waals surface area contributed by atoms with Crippen LogP contribution in [0.15, 0.2) is 0 Å². The van der Waals surface area contributed by atoms with Gasteiger partial charge in [-0.05, 0) is 0 Å². The van der Waals surface area contributed by atoms with E-state index in [-0.39, 0.29) is 42.0 Å². The summed E-state index contributed by atoms with van der Waals surface area (Å²) in [5.41, 5.74) is -0.937. The summed E-state index contributed by atoms with van der Waals surface area (Å²) in [4.78, 5) is 21.4. The van der Waals surface area contributed by atoms with Gasteiger partial charge in [0, 0.05) is 34.3 Å². The molecule has 4 N–H and O–H groups in total. The van der Waals surface area contributed by atoms with Crippen LogP contribution < -0.4 is 5.32 Å². The largest absolute Gasteiger partial charge is 0.481 e. The van der Waals surface area contributed by atoms with Gasteiger partial charge >= 0.3 is 5.97 Å². The summed E-state index contributed by atoms with van der Waals surface area (Å²) in [6.07, 6.45) is -1.55. The van der Waals surface area contributed by atoms with Crippen molar-refractivity contribution in [2.75, 3.05) is 13.2 Å². The molecule has 0 saturated heterocycles. The molecule has 0 aromatic carbocycles. The number of aliphatic carboxylic acids is 1. The Morgan fingerprint density at radius 3 is 2.25 bits per heavy atom. The van der Waals surface area contributed by atoms with E-state index in [4.69, 9.17) is 10.2 Å². The van der Waals surface area contributed by atoms with E-state index in [1.807, 2.05) is 0 Å². The van der Waals surface area contributed by atoms with Crippen molar-refractivity contribution in [1.82, 2.24) is 5.32 Å². The monoisotopic (exact) mass is 416 g/mol. The fraction of sp³-hybridized carbons (Fsp3) is 0.778. The van der Waals surface area contributed by atoms with Gasteiger partial charge in [0.25, 0.3) is 0 Å². The number of carbonyl (C=O) groups excluding carboxylic acids is 1. The van der Waals surface area contributed by atoms with Gasteiger partial charge in [0.1, 0.15) is 6.10 Å². The number of carbonyl (C=O) groups is 2. The molecule has 0 aliphatic carbocycles. The Labute approximate surface area is 110 Å². The number of hydrogen-bond donors (Lipinski definition) is 4. The number of nitrogens with one attached hydrogen (secondary N) is 1. The first-order valence-corrected chi connectivity index (χ1v) is 4.59. The summed E-state index contributed by atoms with van der Waals surface area (Å²) in [6, 6.07) is 0. The van der Waals surface area contributed by atoms with Crippen LogP contribution in [0.2, 0.25) is 0 Å². The second kappa shape index (κ2) is 7.81. The van der Waals surface area contributed by atoms with Gasteiger partial charge in [0.15, 0.2) is 0 Å². The molecule has 0 bridgehead atoms. The van der Waals surface area contributed by atoms with Crippen molar-refractivity contribution in [1.29, 1.82) is 0 Å². The van der Waals surface area contributed by atoms with Crippen molar-refractivity contribution in [3.63, 3.8) is 0 Å². The van der Waals surface area contributed by atoms with E-state index in [0.717, 1.165) is 0 Å². The van der Waals surface area contributed by atoms with E-state index in [9.17, 15) is 14.7 Å². The number of aliphatic hydroxyl groups is 2. The van der Waals surface area contributed by atoms with E-state index in [0.29, 0.717) is 0 Å². The van der Waals surface area contributed by atoms with Crippen LogP contribution in [0, 0.1) is 5.41 Å². The molecule has 1 radical (unpaired) electrons. The van der Waals surface area contributed by atoms with Crippen LogP contribution in [0.25, 0.3) is 0 Å². The van der Waals surface area contributed by atoms with Crippen molar-refractivity contribution >= 4 is 11.9 Å². The van der Waals surface area contributed by atoms with Gasteiger partial charge in [-0.25, -0.2) is 0 Å². The summed E-state index contributed by atoms with van der Waals surface area (Å²) >= 11 is 0. The Kier molecular flexibility index (Phi) is 8.77. The number of carboxylic acids is 1. The zero-order chi connectivity index (χ0) is 12.1. The molecule has 0 saturated carbocycles. The van der Waals surface area contributed by atoms with Crippen molar-refractivity contribution in [2.24, 2.45) is 5.41 Å². The van der Waals surface area contributed by atoms with Gasteiger partial charge in [0.05, 0.1) is 13.0 Å². The van der Waals surface area contributed by atoms with Crippen molar-refractivity contribution in [2.45, 2.75) is 26.4 Å². The molecule has 0 unspecified atom stereocenters. The van der Waals surface area contributed by atoms with Crippen LogP contribution in [0.5, 0.6) is 0 Å². The Hall–Kier alpha value is -0.400. The molecule has 0 aromatic heterocycles. The molecule has 0 fully saturated rings. The number of aliphatic hydroxyl groups excluding tert-OH is 2. The Bertz CT molecular complexity index is 244. The number of rotatable bonds is 6. The predicted octanol–water partition coefficient (Wildman–Crippen LogP) is -1.05. The quantitative estimate of drug-likeness (QED) is 0.414. The zero-order valence-electron chi connectivity index (χ0n) is 9.16. The van der Waals surface area contributed by atoms with Crippen molar-refractivity contribution in [3.8, 4) is 0 Å². The first-order valence-electron chi connectivity index (χ1n) is 4.59. The van der Waals surface area contributed by atoms with Gasteiger partial charge < -0.3 is 20.6 Å². The topological polar surface area (TPSA) is 107 Å². The minimum Gasteiger partial charge on any atom is -0.481 e. The summed E-state index contributed by atoms with van der Waals surface area (Å²) in [6.45, 7) is 2.70. The van der Waals surface area contributed by atoms with Gasteiger partial charge in [-0.2, -0.15) is 0 Å². The average molecular weight is 416 g/mol. The molecule has 99 valence electrons. The molecule has 0 spiro atoms. The predicted molar refractivity (Wildman–Crippen MR) is 52.1 cm³/mol. The Morgan fingerprint density at radius 2 is 1.88 bits per heavy atom. The summed E-state index contributed by atoms with van der Waals surface area (Å²) in [7, 11) is 0. The summed E-state index contributed by atoms with van der Waals surface area (Å²) in [5, 5.41) is 29.0. The summed E-state index contributed by atoms with van der Waals surface area (Å²) < 4.78 is 0. The normalized spacial score (nSPS) is 12.5. The maximum atomic E-state index is 11.3. The van der Waals surface area contributed by atoms with Gasteiger partial charge in [-0.3, -0.25) is 9.59 Å². The molecule has 1 amide bonds. The van der Waals surface area contributed by atoms with E-state index >= 15 is 0 Å². The maximum Gasteiger partial charge on any atom is 0.305 e. The second-order valence-electron chi connectivity index (χ2n) is 3.98. The van der Waals surface area contributed by atoms with Crippen LogP contribution in [-0.2, 0) is 32.0 Å². The third-order valence-electron chi connectivity index (χ3n) is 2.03. The zero-order valence-corrected chi connectivity index (χ0v) is 11.3. The first-order chi connectivity index (χ1) is 6.81. The maximum absolute atomic E-state index is 11.3. The van der Waals surface area contributed by atoms with Gasteiger partial charge in [-0.15, -0.1) is 0 Å². The van der Waals surface area contributed by atoms with Gasteiger partial charge in [0.2, 0.25) is 5.91 Å². The molecule has 6 nitrogen and oxygen atoms in total. The van der Waals surface area contributed by atoms with Crippen LogP contribution >= 0.6 is 0 Å². The molecule has 0 aliphatic heterocycles. The van der Waals surface area contributed by atoms with Crippen LogP contribution in [0.4, 0.5) is 0 Å². The van der Waals surface area contributed by atoms with Gasteiger partial charge in [-0.1, -0.05) is 13.8 Å². The minimum absolute atomic E-state index is 0. The smallest absolute Gasteiger partial charge is 0.305 e. The van der Waals surface area contributed by atoms with Crippen LogP contribution in [0.3, 0.4) is 0 Å². The molecule has 0 rings (SSSR count). The van der Waals surface area contributed by atoms with E-state index < -0.39 is 23.4 Å². The molecule has 1 atom stereocenters. The summed E-state index contributed by atoms with van der Waals surface area (Å²) in [5.74, 6) is -1.69. The molecular formula is C9H17AuNO5. The molecule has 0 heterocycles.